The van der Waals surface area contributed by atoms with Gasteiger partial charge in [-0.2, -0.15) is 0 Å². The number of nitrogens with zero attached hydrogens (tertiary/aromatic N) is 3. The number of ether oxygens (including phenoxy) is 1. The Morgan fingerprint density at radius 3 is 2.79 bits per heavy atom. The van der Waals surface area contributed by atoms with Crippen molar-refractivity contribution in [2.45, 2.75) is 13.1 Å². The van der Waals surface area contributed by atoms with Gasteiger partial charge in [0.1, 0.15) is 18.1 Å². The van der Waals surface area contributed by atoms with Crippen LogP contribution in [0.4, 0.5) is 0 Å². The van der Waals surface area contributed by atoms with Crippen LogP contribution in [0.15, 0.2) is 71.3 Å². The average Bonchev–Trinajstić information content (AvgIpc) is 2.72. The lowest BCUT2D eigenvalue weighted by Crippen LogP contribution is -2.50. The third-order valence-electron chi connectivity index (χ3n) is 4.34. The van der Waals surface area contributed by atoms with E-state index in [-0.39, 0.29) is 5.91 Å². The number of amides is 1. The molecule has 0 spiro atoms. The van der Waals surface area contributed by atoms with Gasteiger partial charge in [-0.15, -0.1) is 5.10 Å². The van der Waals surface area contributed by atoms with Crippen molar-refractivity contribution in [1.29, 1.82) is 0 Å². The van der Waals surface area contributed by atoms with E-state index in [1.54, 1.807) is 11.1 Å². The highest BCUT2D eigenvalue weighted by Gasteiger charge is 2.34. The van der Waals surface area contributed by atoms with Crippen LogP contribution in [0.5, 0.6) is 5.75 Å². The lowest BCUT2D eigenvalue weighted by molar-refractivity contribution is -0.116. The molecule has 2 aromatic rings. The van der Waals surface area contributed by atoms with Gasteiger partial charge in [-0.25, -0.2) is 5.01 Å². The Morgan fingerprint density at radius 1 is 1.25 bits per heavy atom. The van der Waals surface area contributed by atoms with Crippen molar-refractivity contribution in [2.75, 3.05) is 12.4 Å². The summed E-state index contributed by atoms with van der Waals surface area (Å²) < 4.78 is 5.56. The van der Waals surface area contributed by atoms with Gasteiger partial charge in [0.25, 0.3) is 5.91 Å². The van der Waals surface area contributed by atoms with E-state index in [0.717, 1.165) is 27.6 Å². The summed E-state index contributed by atoms with van der Waals surface area (Å²) in [6, 6.07) is 15.3. The van der Waals surface area contributed by atoms with Crippen molar-refractivity contribution in [3.8, 4) is 5.75 Å². The molecule has 142 valence electrons. The van der Waals surface area contributed by atoms with E-state index in [1.807, 2.05) is 55.5 Å². The summed E-state index contributed by atoms with van der Waals surface area (Å²) in [5, 5.41) is 11.4. The van der Waals surface area contributed by atoms with E-state index in [9.17, 15) is 4.79 Å². The number of nitrogens with one attached hydrogen (secondary N) is 1. The third-order valence-corrected chi connectivity index (χ3v) is 5.09. The first-order chi connectivity index (χ1) is 13.7. The average molecular weight is 392 g/mol. The minimum Gasteiger partial charge on any atom is -0.490 e. The monoisotopic (exact) mass is 392 g/mol. The van der Waals surface area contributed by atoms with Gasteiger partial charge in [-0.1, -0.05) is 61.7 Å². The van der Waals surface area contributed by atoms with Crippen LogP contribution in [-0.4, -0.2) is 28.4 Å². The molecule has 0 fully saturated rings. The Morgan fingerprint density at radius 2 is 2.04 bits per heavy atom. The number of benzene rings is 2. The Bertz CT molecular complexity index is 1060. The van der Waals surface area contributed by atoms with E-state index in [2.05, 4.69) is 17.0 Å². The van der Waals surface area contributed by atoms with Crippen molar-refractivity contribution in [3.63, 3.8) is 0 Å². The van der Waals surface area contributed by atoms with Gasteiger partial charge in [0.05, 0.1) is 5.36 Å². The van der Waals surface area contributed by atoms with Crippen molar-refractivity contribution >= 4 is 28.5 Å². The summed E-state index contributed by atoms with van der Waals surface area (Å²) in [6.07, 6.45) is 1.29. The second-order valence-electron chi connectivity index (χ2n) is 6.17. The van der Waals surface area contributed by atoms with Crippen LogP contribution in [0.3, 0.4) is 0 Å². The molecule has 1 amide bonds. The molecule has 0 saturated heterocycles. The number of hydrogen-bond acceptors (Lipinski definition) is 6. The lowest BCUT2D eigenvalue weighted by Gasteiger charge is -2.34. The zero-order valence-corrected chi connectivity index (χ0v) is 16.3. The number of amidine groups is 1. The fraction of sp³-hybridized carbons (Fsp3) is 0.190. The molecule has 0 aliphatic carbocycles. The molecule has 6 nitrogen and oxygen atoms in total. The molecule has 7 heteroatoms. The molecule has 28 heavy (non-hydrogen) atoms. The van der Waals surface area contributed by atoms with Gasteiger partial charge in [0.2, 0.25) is 0 Å². The molecule has 2 aliphatic rings. The molecule has 0 radical (unpaired) electrons. The largest absolute Gasteiger partial charge is 0.490 e. The minimum atomic E-state index is -0.420. The number of hydrogen-bond donors (Lipinski definition) is 1. The lowest BCUT2D eigenvalue weighted by atomic mass is 10.1. The van der Waals surface area contributed by atoms with Crippen molar-refractivity contribution in [2.24, 2.45) is 10.1 Å². The van der Waals surface area contributed by atoms with Crippen molar-refractivity contribution < 1.29 is 9.53 Å². The molecule has 2 aromatic carbocycles. The number of carbonyl (C=O) groups is 1. The van der Waals surface area contributed by atoms with Gasteiger partial charge in [-0.05, 0) is 29.5 Å². The number of carbonyl (C=O) groups excluding carboxylic acids is 1. The predicted molar refractivity (Wildman–Crippen MR) is 111 cm³/mol. The number of rotatable bonds is 5. The first-order valence-corrected chi connectivity index (χ1v) is 10.0. The van der Waals surface area contributed by atoms with Crippen LogP contribution in [0.1, 0.15) is 18.7 Å². The van der Waals surface area contributed by atoms with E-state index in [4.69, 9.17) is 9.73 Å². The fourth-order valence-electron chi connectivity index (χ4n) is 3.14. The summed E-state index contributed by atoms with van der Waals surface area (Å²) in [6.45, 7) is 6.13. The van der Waals surface area contributed by atoms with Crippen LogP contribution < -0.4 is 20.6 Å². The number of para-hydroxylation sites is 1. The molecule has 4 rings (SSSR count). The van der Waals surface area contributed by atoms with Crippen molar-refractivity contribution in [1.82, 2.24) is 10.3 Å². The van der Waals surface area contributed by atoms with Gasteiger partial charge < -0.3 is 4.74 Å². The summed E-state index contributed by atoms with van der Waals surface area (Å²) >= 11 is 1.49. The standard InChI is InChI=1S/C21H20N4O2S/c1-3-13-27-15-11-9-14(10-12-15)19-22-17-8-6-5-7-16(17)18-20(26)23-21(28-4-2)24-25(18)19/h3,5-12,19H,1,4,13H2,2H3,(H,23,24,26)/t19-/m0/s1. The molecule has 1 N–H and O–H groups in total. The van der Waals surface area contributed by atoms with Crippen molar-refractivity contribution in [3.05, 3.63) is 77.3 Å². The molecular weight excluding hydrogens is 372 g/mol. The Kier molecular flexibility index (Phi) is 5.16. The molecule has 0 unspecified atom stereocenters. The smallest absolute Gasteiger partial charge is 0.276 e. The molecular formula is C21H20N4O2S. The quantitative estimate of drug-likeness (QED) is 0.792. The molecule has 2 heterocycles. The van der Waals surface area contributed by atoms with Gasteiger partial charge in [0.15, 0.2) is 11.3 Å². The Labute approximate surface area is 167 Å². The summed E-state index contributed by atoms with van der Waals surface area (Å²) in [5.74, 6) is 1.41. The van der Waals surface area contributed by atoms with Crippen LogP contribution >= 0.6 is 11.8 Å². The molecule has 0 aromatic heterocycles. The van der Waals surface area contributed by atoms with Gasteiger partial charge >= 0.3 is 0 Å². The highest BCUT2D eigenvalue weighted by Crippen LogP contribution is 2.31. The number of hydrazone groups is 1. The number of fused-ring (bicyclic) bond motifs is 2. The second kappa shape index (κ2) is 7.90. The highest BCUT2D eigenvalue weighted by molar-refractivity contribution is 8.13. The minimum absolute atomic E-state index is 0.163. The zero-order valence-electron chi connectivity index (χ0n) is 15.5. The number of thioether (sulfide) groups is 1. The summed E-state index contributed by atoms with van der Waals surface area (Å²) in [7, 11) is 0. The maximum absolute atomic E-state index is 12.9. The van der Waals surface area contributed by atoms with Gasteiger partial charge in [0, 0.05) is 5.22 Å². The summed E-state index contributed by atoms with van der Waals surface area (Å²) in [5.41, 5.74) is 1.44. The van der Waals surface area contributed by atoms with E-state index in [1.165, 1.54) is 11.8 Å². The summed E-state index contributed by atoms with van der Waals surface area (Å²) in [4.78, 5) is 17.7. The Hall–Kier alpha value is -3.06. The SMILES string of the molecule is C=CCOc1ccc([C@H]2N=c3ccccc3=C3C(=O)NC(SCC)=NN32)cc1. The first-order valence-electron chi connectivity index (χ1n) is 9.04. The zero-order chi connectivity index (χ0) is 19.5. The molecule has 0 bridgehead atoms. The third kappa shape index (κ3) is 3.41. The first kappa shape index (κ1) is 18.3. The fourth-order valence-corrected chi connectivity index (χ4v) is 3.72. The molecule has 1 atom stereocenters. The van der Waals surface area contributed by atoms with Gasteiger partial charge in [-0.3, -0.25) is 15.1 Å². The predicted octanol–water partition coefficient (Wildman–Crippen LogP) is 2.15. The normalized spacial score (nSPS) is 17.7. The molecule has 0 saturated carbocycles. The molecule has 2 aliphatic heterocycles. The maximum atomic E-state index is 12.9. The van der Waals surface area contributed by atoms with E-state index in [0.29, 0.717) is 17.5 Å². The van der Waals surface area contributed by atoms with Crippen LogP contribution in [0, 0.1) is 0 Å². The maximum Gasteiger partial charge on any atom is 0.276 e. The van der Waals surface area contributed by atoms with Crippen LogP contribution in [0.2, 0.25) is 0 Å². The highest BCUT2D eigenvalue weighted by atomic mass is 32.2. The van der Waals surface area contributed by atoms with Crippen LogP contribution in [0.25, 0.3) is 5.70 Å². The Balaban J connectivity index is 1.81. The topological polar surface area (TPSA) is 66.3 Å². The van der Waals surface area contributed by atoms with Crippen LogP contribution in [-0.2, 0) is 4.79 Å². The second-order valence-corrected chi connectivity index (χ2v) is 7.43. The van der Waals surface area contributed by atoms with E-state index >= 15 is 0 Å². The van der Waals surface area contributed by atoms with E-state index < -0.39 is 6.17 Å².